The van der Waals surface area contributed by atoms with Crippen molar-refractivity contribution in [1.29, 1.82) is 0 Å². The topological polar surface area (TPSA) is 75.7 Å². The molecule has 0 aliphatic heterocycles. The molecule has 2 aromatic carbocycles. The highest BCUT2D eigenvalue weighted by molar-refractivity contribution is 6.03. The summed E-state index contributed by atoms with van der Waals surface area (Å²) in [6.07, 6.45) is 2.53. The Labute approximate surface area is 191 Å². The molecule has 0 radical (unpaired) electrons. The second-order valence-corrected chi connectivity index (χ2v) is 8.15. The number of carbonyl (C=O) groups excluding carboxylic acids is 1. The van der Waals surface area contributed by atoms with Crippen LogP contribution in [0.4, 0.5) is 13.2 Å². The van der Waals surface area contributed by atoms with Crippen LogP contribution < -0.4 is 16.2 Å². The van der Waals surface area contributed by atoms with Gasteiger partial charge in [-0.05, 0) is 54.0 Å². The molecule has 3 N–H and O–H groups in total. The lowest BCUT2D eigenvalue weighted by Gasteiger charge is -2.10. The van der Waals surface area contributed by atoms with Crippen molar-refractivity contribution in [3.05, 3.63) is 81.0 Å². The number of aliphatic imine (C=N–C) groups is 1. The van der Waals surface area contributed by atoms with Gasteiger partial charge in [-0.25, -0.2) is 13.2 Å². The van der Waals surface area contributed by atoms with Crippen LogP contribution in [0, 0.1) is 23.4 Å². The predicted octanol–water partition coefficient (Wildman–Crippen LogP) is 3.98. The lowest BCUT2D eigenvalue weighted by molar-refractivity contribution is 0.100. The predicted molar refractivity (Wildman–Crippen MR) is 126 cm³/mol. The van der Waals surface area contributed by atoms with Gasteiger partial charge in [0.25, 0.3) is 5.91 Å². The molecule has 0 unspecified atom stereocenters. The standard InChI is InChI=1S/C26H29F3N2O2/c1-6-15(4)9-18(13-32)20-8-7-17(26(33)31-25(30)14(2)3)10-21(20)16(5)24-22(28)11-19(27)12-23(24)29/h7-12,14,32H,6,13H2,1-5H3,(H2,30,31,33)/b15-9+,20-18+,21-16+. The maximum atomic E-state index is 14.6. The summed E-state index contributed by atoms with van der Waals surface area (Å²) in [5.74, 6) is -3.76. The average Bonchev–Trinajstić information content (AvgIpc) is 2.75. The van der Waals surface area contributed by atoms with Crippen LogP contribution in [0.2, 0.25) is 0 Å². The van der Waals surface area contributed by atoms with Crippen LogP contribution in [0.15, 0.2) is 47.0 Å². The molecule has 0 saturated heterocycles. The van der Waals surface area contributed by atoms with Crippen molar-refractivity contribution in [2.24, 2.45) is 16.6 Å². The van der Waals surface area contributed by atoms with Crippen molar-refractivity contribution in [2.45, 2.75) is 41.0 Å². The number of hydrogen-bond acceptors (Lipinski definition) is 2. The average molecular weight is 459 g/mol. The zero-order valence-corrected chi connectivity index (χ0v) is 19.5. The minimum absolute atomic E-state index is 0.139. The molecule has 0 fully saturated rings. The van der Waals surface area contributed by atoms with Gasteiger partial charge in [-0.15, -0.1) is 0 Å². The smallest absolute Gasteiger partial charge is 0.278 e. The number of nitrogens with two attached hydrogens (primary N) is 1. The third-order valence-corrected chi connectivity index (χ3v) is 5.37. The van der Waals surface area contributed by atoms with E-state index >= 15 is 0 Å². The number of rotatable bonds is 6. The number of benzene rings is 2. The maximum Gasteiger partial charge on any atom is 0.278 e. The van der Waals surface area contributed by atoms with E-state index in [1.165, 1.54) is 19.1 Å². The third-order valence-electron chi connectivity index (χ3n) is 5.37. The molecule has 0 heterocycles. The van der Waals surface area contributed by atoms with Crippen molar-refractivity contribution >= 4 is 22.9 Å². The van der Waals surface area contributed by atoms with Gasteiger partial charge in [0.15, 0.2) is 0 Å². The number of aliphatic hydroxyl groups excluding tert-OH is 1. The molecule has 0 atom stereocenters. The van der Waals surface area contributed by atoms with E-state index in [1.807, 2.05) is 13.8 Å². The highest BCUT2D eigenvalue weighted by Crippen LogP contribution is 2.21. The molecular weight excluding hydrogens is 429 g/mol. The first-order valence-corrected chi connectivity index (χ1v) is 10.7. The molecule has 0 spiro atoms. The Bertz CT molecular complexity index is 1220. The zero-order chi connectivity index (χ0) is 24.9. The molecule has 7 heteroatoms. The summed E-state index contributed by atoms with van der Waals surface area (Å²) in [6, 6.07) is 5.77. The molecule has 0 aliphatic rings. The van der Waals surface area contributed by atoms with Gasteiger partial charge in [-0.1, -0.05) is 38.5 Å². The van der Waals surface area contributed by atoms with Crippen molar-refractivity contribution in [3.63, 3.8) is 0 Å². The number of hydrogen-bond donors (Lipinski definition) is 2. The number of carbonyl (C=O) groups is 1. The van der Waals surface area contributed by atoms with Gasteiger partial charge >= 0.3 is 0 Å². The van der Waals surface area contributed by atoms with Crippen LogP contribution in [0.1, 0.15) is 57.0 Å². The minimum atomic E-state index is -1.07. The summed E-state index contributed by atoms with van der Waals surface area (Å²) in [6.45, 7) is 8.59. The van der Waals surface area contributed by atoms with Crippen LogP contribution in [-0.4, -0.2) is 23.5 Å². The first kappa shape index (κ1) is 26.1. The lowest BCUT2D eigenvalue weighted by atomic mass is 9.98. The highest BCUT2D eigenvalue weighted by atomic mass is 19.1. The van der Waals surface area contributed by atoms with Crippen LogP contribution >= 0.6 is 0 Å². The summed E-state index contributed by atoms with van der Waals surface area (Å²) < 4.78 is 42.6. The first-order valence-electron chi connectivity index (χ1n) is 10.7. The molecule has 176 valence electrons. The van der Waals surface area contributed by atoms with Gasteiger partial charge in [0, 0.05) is 29.2 Å². The third kappa shape index (κ3) is 6.20. The van der Waals surface area contributed by atoms with E-state index in [-0.39, 0.29) is 29.5 Å². The van der Waals surface area contributed by atoms with E-state index < -0.39 is 28.9 Å². The van der Waals surface area contributed by atoms with Crippen LogP contribution in [0.3, 0.4) is 0 Å². The maximum absolute atomic E-state index is 14.6. The number of nitrogens with zero attached hydrogens (tertiary/aromatic N) is 1. The van der Waals surface area contributed by atoms with E-state index in [0.717, 1.165) is 12.0 Å². The minimum Gasteiger partial charge on any atom is -0.392 e. The van der Waals surface area contributed by atoms with Gasteiger partial charge in [0.2, 0.25) is 0 Å². The number of allylic oxidation sites excluding steroid dienone is 1. The lowest BCUT2D eigenvalue weighted by Crippen LogP contribution is -2.31. The number of aliphatic hydroxyl groups is 1. The Kier molecular flexibility index (Phi) is 8.76. The number of amides is 1. The molecule has 4 nitrogen and oxygen atoms in total. The van der Waals surface area contributed by atoms with Gasteiger partial charge < -0.3 is 10.8 Å². The fourth-order valence-corrected chi connectivity index (χ4v) is 3.22. The Morgan fingerprint density at radius 2 is 1.70 bits per heavy atom. The first-order chi connectivity index (χ1) is 15.5. The molecule has 33 heavy (non-hydrogen) atoms. The molecule has 2 aromatic rings. The second-order valence-electron chi connectivity index (χ2n) is 8.15. The summed E-state index contributed by atoms with van der Waals surface area (Å²) in [5, 5.41) is 10.8. The fraction of sp³-hybridized carbons (Fsp3) is 0.308. The summed E-state index contributed by atoms with van der Waals surface area (Å²) in [5.41, 5.74) is 7.19. The molecule has 0 aromatic heterocycles. The van der Waals surface area contributed by atoms with E-state index in [2.05, 4.69) is 4.99 Å². The van der Waals surface area contributed by atoms with E-state index in [9.17, 15) is 23.1 Å². The molecule has 0 bridgehead atoms. The zero-order valence-electron chi connectivity index (χ0n) is 19.5. The molecule has 2 rings (SSSR count). The molecule has 1 amide bonds. The Morgan fingerprint density at radius 1 is 1.09 bits per heavy atom. The Morgan fingerprint density at radius 3 is 2.21 bits per heavy atom. The molecule has 0 saturated carbocycles. The quantitative estimate of drug-likeness (QED) is 0.508. The summed E-state index contributed by atoms with van der Waals surface area (Å²) in [4.78, 5) is 16.6. The van der Waals surface area contributed by atoms with E-state index in [1.54, 1.807) is 26.0 Å². The Hall–Kier alpha value is -3.19. The van der Waals surface area contributed by atoms with Crippen LogP contribution in [-0.2, 0) is 0 Å². The molecular formula is C26H29F3N2O2. The van der Waals surface area contributed by atoms with Gasteiger partial charge in [0.1, 0.15) is 23.3 Å². The second kappa shape index (κ2) is 11.1. The van der Waals surface area contributed by atoms with E-state index in [0.29, 0.717) is 28.1 Å². The van der Waals surface area contributed by atoms with Gasteiger partial charge in [0.05, 0.1) is 6.61 Å². The van der Waals surface area contributed by atoms with Crippen LogP contribution in [0.5, 0.6) is 0 Å². The van der Waals surface area contributed by atoms with Gasteiger partial charge in [-0.3, -0.25) is 4.79 Å². The SMILES string of the molecule is CC/C(C)=C/C(CO)=c1/ccc(C(=O)N=C(N)C(C)C)c/c1=C(/C)c1c(F)cc(F)cc1F. The monoisotopic (exact) mass is 458 g/mol. The highest BCUT2D eigenvalue weighted by Gasteiger charge is 2.16. The van der Waals surface area contributed by atoms with Crippen molar-refractivity contribution < 1.29 is 23.1 Å². The van der Waals surface area contributed by atoms with Gasteiger partial charge in [-0.2, -0.15) is 4.99 Å². The molecule has 0 aliphatic carbocycles. The fourth-order valence-electron chi connectivity index (χ4n) is 3.22. The van der Waals surface area contributed by atoms with Crippen LogP contribution in [0.25, 0.3) is 11.1 Å². The number of halogens is 3. The van der Waals surface area contributed by atoms with Crippen molar-refractivity contribution in [3.8, 4) is 0 Å². The number of amidine groups is 1. The van der Waals surface area contributed by atoms with E-state index in [4.69, 9.17) is 5.73 Å². The normalized spacial score (nSPS) is 14.5. The van der Waals surface area contributed by atoms with Crippen molar-refractivity contribution in [2.75, 3.05) is 6.61 Å². The Balaban J connectivity index is 3.00. The van der Waals surface area contributed by atoms with Crippen molar-refractivity contribution in [1.82, 2.24) is 0 Å². The summed E-state index contributed by atoms with van der Waals surface area (Å²) in [7, 11) is 0. The largest absolute Gasteiger partial charge is 0.392 e. The summed E-state index contributed by atoms with van der Waals surface area (Å²) >= 11 is 0.